The van der Waals surface area contributed by atoms with Crippen molar-refractivity contribution in [1.82, 2.24) is 10.2 Å². The third kappa shape index (κ3) is 3.26. The Labute approximate surface area is 145 Å². The van der Waals surface area contributed by atoms with Crippen LogP contribution >= 0.6 is 0 Å². The molecule has 2 aliphatic rings. The highest BCUT2D eigenvalue weighted by Gasteiger charge is 2.35. The molecule has 1 aromatic carbocycles. The average molecular weight is 340 g/mol. The van der Waals surface area contributed by atoms with E-state index >= 15 is 0 Å². The number of aromatic nitrogens is 2. The smallest absolute Gasteiger partial charge is 0.322 e. The lowest BCUT2D eigenvalue weighted by atomic mass is 10.1. The molecule has 1 atom stereocenters. The number of carbonyl (C=O) groups excluding carboxylic acids is 2. The monoisotopic (exact) mass is 340 g/mol. The summed E-state index contributed by atoms with van der Waals surface area (Å²) >= 11 is 0. The quantitative estimate of drug-likeness (QED) is 0.924. The third-order valence-corrected chi connectivity index (χ3v) is 4.94. The van der Waals surface area contributed by atoms with E-state index in [0.29, 0.717) is 18.9 Å². The van der Waals surface area contributed by atoms with Gasteiger partial charge in [-0.05, 0) is 25.0 Å². The van der Waals surface area contributed by atoms with Gasteiger partial charge in [0.2, 0.25) is 17.7 Å². The van der Waals surface area contributed by atoms with E-state index in [1.54, 1.807) is 4.90 Å². The van der Waals surface area contributed by atoms with Gasteiger partial charge >= 0.3 is 6.01 Å². The van der Waals surface area contributed by atoms with Gasteiger partial charge in [0.15, 0.2) is 0 Å². The van der Waals surface area contributed by atoms with Crippen molar-refractivity contribution in [2.45, 2.75) is 38.0 Å². The topological polar surface area (TPSA) is 88.3 Å². The van der Waals surface area contributed by atoms with Crippen LogP contribution in [0.15, 0.2) is 34.7 Å². The largest absolute Gasteiger partial charge is 0.407 e. The van der Waals surface area contributed by atoms with Crippen molar-refractivity contribution < 1.29 is 14.0 Å². The van der Waals surface area contributed by atoms with E-state index in [9.17, 15) is 9.59 Å². The van der Waals surface area contributed by atoms with Crippen molar-refractivity contribution in [2.75, 3.05) is 16.8 Å². The molecule has 1 aromatic heterocycles. The van der Waals surface area contributed by atoms with Gasteiger partial charge in [-0.1, -0.05) is 36.1 Å². The fourth-order valence-corrected chi connectivity index (χ4v) is 3.58. The summed E-state index contributed by atoms with van der Waals surface area (Å²) in [6.45, 7) is 0.501. The fraction of sp³-hybridized carbons (Fsp3) is 0.444. The second-order valence-electron chi connectivity index (χ2n) is 6.66. The van der Waals surface area contributed by atoms with Crippen LogP contribution in [0.25, 0.3) is 0 Å². The molecule has 2 fully saturated rings. The summed E-state index contributed by atoms with van der Waals surface area (Å²) in [6.07, 6.45) is 4.33. The van der Waals surface area contributed by atoms with Crippen LogP contribution in [0.3, 0.4) is 0 Å². The number of amides is 2. The predicted molar refractivity (Wildman–Crippen MR) is 91.0 cm³/mol. The fourth-order valence-electron chi connectivity index (χ4n) is 3.58. The summed E-state index contributed by atoms with van der Waals surface area (Å²) in [6, 6.07) is 9.65. The number of hydrogen-bond acceptors (Lipinski definition) is 5. The second-order valence-corrected chi connectivity index (χ2v) is 6.66. The van der Waals surface area contributed by atoms with Gasteiger partial charge in [0, 0.05) is 24.6 Å². The predicted octanol–water partition coefficient (Wildman–Crippen LogP) is 2.72. The Morgan fingerprint density at radius 1 is 1.16 bits per heavy atom. The highest BCUT2D eigenvalue weighted by molar-refractivity contribution is 5.96. The van der Waals surface area contributed by atoms with Crippen LogP contribution in [0.1, 0.15) is 43.9 Å². The van der Waals surface area contributed by atoms with Gasteiger partial charge in [-0.25, -0.2) is 0 Å². The minimum Gasteiger partial charge on any atom is -0.407 e. The standard InChI is InChI=1S/C18H20N4O3/c23-15-10-13(11-22(15)14-8-2-1-3-9-14)17-20-21-18(25-17)19-16(24)12-6-4-5-7-12/h1-3,8-9,12-13H,4-7,10-11H2,(H,19,21,24). The number of nitrogens with one attached hydrogen (secondary N) is 1. The normalized spacial score (nSPS) is 21.0. The lowest BCUT2D eigenvalue weighted by molar-refractivity contribution is -0.120. The van der Waals surface area contributed by atoms with Gasteiger partial charge in [0.25, 0.3) is 0 Å². The van der Waals surface area contributed by atoms with Gasteiger partial charge < -0.3 is 9.32 Å². The minimum absolute atomic E-state index is 0.0333. The number of nitrogens with zero attached hydrogens (tertiary/aromatic N) is 3. The van der Waals surface area contributed by atoms with Crippen molar-refractivity contribution in [1.29, 1.82) is 0 Å². The zero-order valence-corrected chi connectivity index (χ0v) is 13.9. The maximum Gasteiger partial charge on any atom is 0.322 e. The molecule has 1 unspecified atom stereocenters. The third-order valence-electron chi connectivity index (χ3n) is 4.94. The van der Waals surface area contributed by atoms with Crippen LogP contribution in [0.5, 0.6) is 0 Å². The molecule has 1 saturated heterocycles. The molecule has 1 aliphatic heterocycles. The van der Waals surface area contributed by atoms with E-state index in [1.165, 1.54) is 0 Å². The Morgan fingerprint density at radius 3 is 2.68 bits per heavy atom. The first-order chi connectivity index (χ1) is 12.2. The Balaban J connectivity index is 1.42. The van der Waals surface area contributed by atoms with Crippen molar-refractivity contribution in [3.05, 3.63) is 36.2 Å². The first-order valence-electron chi connectivity index (χ1n) is 8.70. The molecule has 2 amide bonds. The molecule has 0 radical (unpaired) electrons. The van der Waals surface area contributed by atoms with Gasteiger partial charge in [-0.15, -0.1) is 5.10 Å². The SMILES string of the molecule is O=C(Nc1nnc(C2CC(=O)N(c3ccccc3)C2)o1)C1CCCC1. The lowest BCUT2D eigenvalue weighted by Gasteiger charge is -2.15. The van der Waals surface area contributed by atoms with Crippen molar-refractivity contribution in [3.8, 4) is 0 Å². The van der Waals surface area contributed by atoms with Crippen LogP contribution < -0.4 is 10.2 Å². The van der Waals surface area contributed by atoms with Gasteiger partial charge in [-0.3, -0.25) is 14.9 Å². The molecule has 130 valence electrons. The van der Waals surface area contributed by atoms with Crippen LogP contribution in [-0.4, -0.2) is 28.6 Å². The van der Waals surface area contributed by atoms with Crippen LogP contribution in [0.4, 0.5) is 11.7 Å². The molecule has 0 spiro atoms. The molecule has 2 aromatic rings. The van der Waals surface area contributed by atoms with E-state index in [2.05, 4.69) is 15.5 Å². The summed E-state index contributed by atoms with van der Waals surface area (Å²) in [7, 11) is 0. The Morgan fingerprint density at radius 2 is 1.92 bits per heavy atom. The molecule has 4 rings (SSSR count). The summed E-state index contributed by atoms with van der Waals surface area (Å²) in [4.78, 5) is 26.1. The van der Waals surface area contributed by atoms with Crippen molar-refractivity contribution in [2.24, 2.45) is 5.92 Å². The van der Waals surface area contributed by atoms with Crippen LogP contribution in [-0.2, 0) is 9.59 Å². The first kappa shape index (κ1) is 15.8. The summed E-state index contributed by atoms with van der Waals surface area (Å²) in [5, 5.41) is 10.7. The maximum absolute atomic E-state index is 12.3. The molecular weight excluding hydrogens is 320 g/mol. The van der Waals surface area contributed by atoms with E-state index < -0.39 is 0 Å². The van der Waals surface area contributed by atoms with Gasteiger partial charge in [0.05, 0.1) is 5.92 Å². The molecular formula is C18H20N4O3. The number of anilines is 2. The molecule has 1 N–H and O–H groups in total. The molecule has 2 heterocycles. The summed E-state index contributed by atoms with van der Waals surface area (Å²) in [5.74, 6) is 0.259. The zero-order valence-electron chi connectivity index (χ0n) is 13.9. The lowest BCUT2D eigenvalue weighted by Crippen LogP contribution is -2.24. The molecule has 1 aliphatic carbocycles. The van der Waals surface area contributed by atoms with Crippen molar-refractivity contribution >= 4 is 23.5 Å². The van der Waals surface area contributed by atoms with E-state index in [4.69, 9.17) is 4.42 Å². The van der Waals surface area contributed by atoms with Crippen LogP contribution in [0.2, 0.25) is 0 Å². The van der Waals surface area contributed by atoms with E-state index in [-0.39, 0.29) is 29.7 Å². The van der Waals surface area contributed by atoms with Gasteiger partial charge in [-0.2, -0.15) is 0 Å². The number of para-hydroxylation sites is 1. The first-order valence-corrected chi connectivity index (χ1v) is 8.70. The maximum atomic E-state index is 12.3. The number of hydrogen-bond donors (Lipinski definition) is 1. The molecule has 25 heavy (non-hydrogen) atoms. The molecule has 7 nitrogen and oxygen atoms in total. The van der Waals surface area contributed by atoms with Gasteiger partial charge in [0.1, 0.15) is 0 Å². The molecule has 0 bridgehead atoms. The number of benzene rings is 1. The highest BCUT2D eigenvalue weighted by atomic mass is 16.4. The van der Waals surface area contributed by atoms with Crippen molar-refractivity contribution in [3.63, 3.8) is 0 Å². The zero-order chi connectivity index (χ0) is 17.2. The van der Waals surface area contributed by atoms with Crippen LogP contribution in [0, 0.1) is 5.92 Å². The molecule has 1 saturated carbocycles. The second kappa shape index (κ2) is 6.66. The Hall–Kier alpha value is -2.70. The highest BCUT2D eigenvalue weighted by Crippen LogP contribution is 2.32. The number of carbonyl (C=O) groups is 2. The van der Waals surface area contributed by atoms with E-state index in [1.807, 2.05) is 30.3 Å². The minimum atomic E-state index is -0.155. The summed E-state index contributed by atoms with van der Waals surface area (Å²) in [5.41, 5.74) is 0.865. The average Bonchev–Trinajstić information content (AvgIpc) is 3.36. The van der Waals surface area contributed by atoms with E-state index in [0.717, 1.165) is 31.4 Å². The Kier molecular flexibility index (Phi) is 4.21. The Bertz CT molecular complexity index is 768. The molecule has 7 heteroatoms. The summed E-state index contributed by atoms with van der Waals surface area (Å²) < 4.78 is 5.60. The number of rotatable bonds is 4.